The molecule has 2 heterocycles. The van der Waals surface area contributed by atoms with Gasteiger partial charge < -0.3 is 15.5 Å². The molecule has 1 aliphatic heterocycles. The van der Waals surface area contributed by atoms with E-state index in [1.165, 1.54) is 16.1 Å². The molecule has 0 spiro atoms. The molecule has 0 saturated heterocycles. The van der Waals surface area contributed by atoms with Crippen molar-refractivity contribution >= 4 is 28.8 Å². The van der Waals surface area contributed by atoms with Gasteiger partial charge in [0.2, 0.25) is 0 Å². The van der Waals surface area contributed by atoms with Crippen LogP contribution in [0.1, 0.15) is 35.0 Å². The second-order valence-electron chi connectivity index (χ2n) is 7.42. The number of amides is 2. The molecular formula is C24H25N3O2S. The number of nitrogens with one attached hydrogen (secondary N) is 2. The van der Waals surface area contributed by atoms with Crippen molar-refractivity contribution in [3.05, 3.63) is 88.1 Å². The van der Waals surface area contributed by atoms with Gasteiger partial charge in [-0.3, -0.25) is 9.59 Å². The fourth-order valence-corrected chi connectivity index (χ4v) is 4.73. The number of fused-ring (bicyclic) bond motifs is 1. The number of carbonyl (C=O) groups excluding carboxylic acids is 2. The first-order valence-corrected chi connectivity index (χ1v) is 11.0. The predicted molar refractivity (Wildman–Crippen MR) is 121 cm³/mol. The van der Waals surface area contributed by atoms with Crippen LogP contribution in [0.2, 0.25) is 0 Å². The zero-order chi connectivity index (χ0) is 20.9. The summed E-state index contributed by atoms with van der Waals surface area (Å²) in [6.45, 7) is 3.14. The second kappa shape index (κ2) is 9.13. The lowest BCUT2D eigenvalue weighted by Crippen LogP contribution is -2.44. The van der Waals surface area contributed by atoms with E-state index >= 15 is 0 Å². The molecule has 2 atom stereocenters. The van der Waals surface area contributed by atoms with E-state index in [9.17, 15) is 9.59 Å². The van der Waals surface area contributed by atoms with Crippen LogP contribution in [0.3, 0.4) is 0 Å². The molecule has 0 fully saturated rings. The van der Waals surface area contributed by atoms with Crippen LogP contribution in [-0.2, 0) is 16.0 Å². The van der Waals surface area contributed by atoms with Crippen molar-refractivity contribution in [2.75, 3.05) is 18.0 Å². The molecule has 5 nitrogen and oxygen atoms in total. The first-order chi connectivity index (χ1) is 14.6. The Kier molecular flexibility index (Phi) is 6.14. The van der Waals surface area contributed by atoms with E-state index in [-0.39, 0.29) is 12.1 Å². The summed E-state index contributed by atoms with van der Waals surface area (Å²) in [5.41, 5.74) is 3.48. The molecular weight excluding hydrogens is 394 g/mol. The molecule has 0 bridgehead atoms. The minimum absolute atomic E-state index is 0.00283. The maximum Gasteiger partial charge on any atom is 0.309 e. The monoisotopic (exact) mass is 419 g/mol. The summed E-state index contributed by atoms with van der Waals surface area (Å²) in [7, 11) is 0. The highest BCUT2D eigenvalue weighted by atomic mass is 32.1. The Balaban J connectivity index is 1.42. The van der Waals surface area contributed by atoms with Gasteiger partial charge in [-0.1, -0.05) is 54.6 Å². The Morgan fingerprint density at radius 2 is 1.77 bits per heavy atom. The topological polar surface area (TPSA) is 61.4 Å². The van der Waals surface area contributed by atoms with Crippen LogP contribution < -0.4 is 15.5 Å². The Labute approximate surface area is 180 Å². The molecule has 1 aromatic heterocycles. The smallest absolute Gasteiger partial charge is 0.309 e. The number of para-hydroxylation sites is 1. The van der Waals surface area contributed by atoms with Crippen LogP contribution in [0.5, 0.6) is 0 Å². The minimum atomic E-state index is -0.613. The van der Waals surface area contributed by atoms with Crippen molar-refractivity contribution in [2.45, 2.75) is 25.4 Å². The predicted octanol–water partition coefficient (Wildman–Crippen LogP) is 3.85. The summed E-state index contributed by atoms with van der Waals surface area (Å²) >= 11 is 1.67. The van der Waals surface area contributed by atoms with Crippen molar-refractivity contribution < 1.29 is 9.59 Å². The standard InChI is InChI=1S/C24H25N3O2S/c1-17(18-8-3-2-4-9-18)26-24(29)23(28)25-16-21(22-12-7-15-30-22)27-14-13-19-10-5-6-11-20(19)27/h2-12,15,17,21H,13-14,16H2,1H3,(H,25,28)(H,26,29)/t17-,21+/m0/s1. The highest BCUT2D eigenvalue weighted by Crippen LogP contribution is 2.36. The van der Waals surface area contributed by atoms with Crippen molar-refractivity contribution in [1.29, 1.82) is 0 Å². The van der Waals surface area contributed by atoms with Crippen LogP contribution in [0, 0.1) is 0 Å². The highest BCUT2D eigenvalue weighted by Gasteiger charge is 2.28. The van der Waals surface area contributed by atoms with Crippen LogP contribution >= 0.6 is 11.3 Å². The fourth-order valence-electron chi connectivity index (χ4n) is 3.89. The SMILES string of the molecule is C[C@H](NC(=O)C(=O)NC[C@H](c1cccs1)N1CCc2ccccc21)c1ccccc1. The summed E-state index contributed by atoms with van der Waals surface area (Å²) in [6, 6.07) is 21.9. The number of hydrogen-bond acceptors (Lipinski definition) is 4. The Hall–Kier alpha value is -3.12. The molecule has 0 aliphatic carbocycles. The van der Waals surface area contributed by atoms with E-state index in [1.54, 1.807) is 11.3 Å². The first-order valence-electron chi connectivity index (χ1n) is 10.1. The van der Waals surface area contributed by atoms with Crippen LogP contribution in [0.15, 0.2) is 72.1 Å². The van der Waals surface area contributed by atoms with Crippen molar-refractivity contribution in [2.24, 2.45) is 0 Å². The summed E-state index contributed by atoms with van der Waals surface area (Å²) < 4.78 is 0. The third-order valence-electron chi connectivity index (χ3n) is 5.48. The maximum absolute atomic E-state index is 12.5. The van der Waals surface area contributed by atoms with Gasteiger partial charge in [0.1, 0.15) is 0 Å². The Morgan fingerprint density at radius 3 is 2.53 bits per heavy atom. The molecule has 154 valence electrons. The molecule has 2 amide bonds. The lowest BCUT2D eigenvalue weighted by molar-refractivity contribution is -0.139. The summed E-state index contributed by atoms with van der Waals surface area (Å²) in [5.74, 6) is -1.22. The first kappa shape index (κ1) is 20.2. The number of nitrogens with zero attached hydrogens (tertiary/aromatic N) is 1. The van der Waals surface area contributed by atoms with Crippen molar-refractivity contribution in [3.63, 3.8) is 0 Å². The highest BCUT2D eigenvalue weighted by molar-refractivity contribution is 7.10. The third kappa shape index (κ3) is 4.39. The van der Waals surface area contributed by atoms with Crippen molar-refractivity contribution in [3.8, 4) is 0 Å². The molecule has 6 heteroatoms. The van der Waals surface area contributed by atoms with E-state index in [1.807, 2.05) is 54.8 Å². The molecule has 1 aliphatic rings. The summed E-state index contributed by atoms with van der Waals surface area (Å²) in [4.78, 5) is 28.4. The molecule has 30 heavy (non-hydrogen) atoms. The molecule has 0 saturated carbocycles. The molecule has 3 aromatic rings. The molecule has 2 N–H and O–H groups in total. The van der Waals surface area contributed by atoms with E-state index in [2.05, 4.69) is 39.8 Å². The third-order valence-corrected chi connectivity index (χ3v) is 6.45. The van der Waals surface area contributed by atoms with Crippen LogP contribution in [0.25, 0.3) is 0 Å². The lowest BCUT2D eigenvalue weighted by Gasteiger charge is -2.30. The van der Waals surface area contributed by atoms with Gasteiger partial charge in [-0.05, 0) is 42.0 Å². The van der Waals surface area contributed by atoms with Gasteiger partial charge in [0.05, 0.1) is 12.1 Å². The molecule has 0 radical (unpaired) electrons. The van der Waals surface area contributed by atoms with E-state index in [0.29, 0.717) is 6.54 Å². The van der Waals surface area contributed by atoms with E-state index in [4.69, 9.17) is 0 Å². The second-order valence-corrected chi connectivity index (χ2v) is 8.40. The number of hydrogen-bond donors (Lipinski definition) is 2. The fraction of sp³-hybridized carbons (Fsp3) is 0.250. The zero-order valence-corrected chi connectivity index (χ0v) is 17.7. The number of carbonyl (C=O) groups is 2. The van der Waals surface area contributed by atoms with Gasteiger partial charge in [-0.25, -0.2) is 0 Å². The van der Waals surface area contributed by atoms with Crippen LogP contribution in [0.4, 0.5) is 5.69 Å². The minimum Gasteiger partial charge on any atom is -0.361 e. The van der Waals surface area contributed by atoms with Crippen LogP contribution in [-0.4, -0.2) is 24.9 Å². The van der Waals surface area contributed by atoms with Gasteiger partial charge in [0.25, 0.3) is 0 Å². The summed E-state index contributed by atoms with van der Waals surface area (Å²) in [6.07, 6.45) is 0.987. The average molecular weight is 420 g/mol. The molecule has 2 aromatic carbocycles. The van der Waals surface area contributed by atoms with Gasteiger partial charge in [-0.15, -0.1) is 11.3 Å². The Morgan fingerprint density at radius 1 is 1.00 bits per heavy atom. The van der Waals surface area contributed by atoms with Gasteiger partial charge >= 0.3 is 11.8 Å². The zero-order valence-electron chi connectivity index (χ0n) is 16.9. The normalized spacial score (nSPS) is 14.6. The average Bonchev–Trinajstić information content (AvgIpc) is 3.45. The van der Waals surface area contributed by atoms with E-state index < -0.39 is 11.8 Å². The van der Waals surface area contributed by atoms with Gasteiger partial charge in [-0.2, -0.15) is 0 Å². The largest absolute Gasteiger partial charge is 0.361 e. The number of thiophene rings is 1. The quantitative estimate of drug-likeness (QED) is 0.597. The summed E-state index contributed by atoms with van der Waals surface area (Å²) in [5, 5.41) is 7.67. The molecule has 4 rings (SSSR count). The maximum atomic E-state index is 12.5. The van der Waals surface area contributed by atoms with Gasteiger partial charge in [0, 0.05) is 23.7 Å². The van der Waals surface area contributed by atoms with Crippen molar-refractivity contribution in [1.82, 2.24) is 10.6 Å². The van der Waals surface area contributed by atoms with Gasteiger partial charge in [0.15, 0.2) is 0 Å². The lowest BCUT2D eigenvalue weighted by atomic mass is 10.1. The number of rotatable bonds is 6. The Bertz CT molecular complexity index is 1000. The molecule has 0 unspecified atom stereocenters. The number of benzene rings is 2. The van der Waals surface area contributed by atoms with E-state index in [0.717, 1.165) is 18.5 Å². The number of anilines is 1.